The molecule has 0 amide bonds. The van der Waals surface area contributed by atoms with E-state index < -0.39 is 0 Å². The molecule has 3 N–H and O–H groups in total. The molecular formula is C52H78O12. The summed E-state index contributed by atoms with van der Waals surface area (Å²) in [6.07, 6.45) is 4.24. The number of carbonyl (C=O) groups is 1. The topological polar surface area (TPSA) is 152 Å². The van der Waals surface area contributed by atoms with Crippen LogP contribution in [0.2, 0.25) is 0 Å². The summed E-state index contributed by atoms with van der Waals surface area (Å²) >= 11 is 0. The van der Waals surface area contributed by atoms with Gasteiger partial charge in [-0.25, -0.2) is 0 Å². The van der Waals surface area contributed by atoms with E-state index in [1.165, 1.54) is 5.56 Å². The summed E-state index contributed by atoms with van der Waals surface area (Å²) in [6.45, 7) is 8.20. The summed E-state index contributed by atoms with van der Waals surface area (Å²) in [5.74, 6) is 0. The summed E-state index contributed by atoms with van der Waals surface area (Å²) in [7, 11) is 6.59. The van der Waals surface area contributed by atoms with E-state index in [1.54, 1.807) is 42.3 Å². The molecule has 4 rings (SSSR count). The molecule has 12 heteroatoms. The van der Waals surface area contributed by atoms with Crippen molar-refractivity contribution in [1.82, 2.24) is 0 Å². The number of rotatable bonds is 30. The molecule has 12 nitrogen and oxygen atoms in total. The zero-order valence-electron chi connectivity index (χ0n) is 39.2. The molecule has 4 aromatic rings. The van der Waals surface area contributed by atoms with Crippen molar-refractivity contribution in [1.29, 1.82) is 0 Å². The molecule has 2 unspecified atom stereocenters. The van der Waals surface area contributed by atoms with E-state index in [1.807, 2.05) is 121 Å². The first kappa shape index (κ1) is 58.1. The Kier molecular flexibility index (Phi) is 36.9. The number of benzene rings is 4. The van der Waals surface area contributed by atoms with E-state index in [0.29, 0.717) is 72.1 Å². The lowest BCUT2D eigenvalue weighted by Crippen LogP contribution is -2.23. The number of methoxy groups -OCH3 is 4. The third-order valence-corrected chi connectivity index (χ3v) is 9.49. The Balaban J connectivity index is 0.000000427. The van der Waals surface area contributed by atoms with Gasteiger partial charge in [-0.05, 0) is 55.4 Å². The number of aliphatic hydroxyl groups excluding tert-OH is 3. The molecule has 0 aliphatic carbocycles. The molecule has 0 saturated carbocycles. The van der Waals surface area contributed by atoms with E-state index >= 15 is 0 Å². The first-order valence-corrected chi connectivity index (χ1v) is 22.2. The molecule has 0 aliphatic heterocycles. The fourth-order valence-electron chi connectivity index (χ4n) is 5.87. The Morgan fingerprint density at radius 2 is 0.734 bits per heavy atom. The van der Waals surface area contributed by atoms with Crippen molar-refractivity contribution in [2.45, 2.75) is 115 Å². The Morgan fingerprint density at radius 3 is 0.984 bits per heavy atom. The number of hydrogen-bond donors (Lipinski definition) is 3. The Morgan fingerprint density at radius 1 is 0.453 bits per heavy atom. The second-order valence-electron chi connectivity index (χ2n) is 15.2. The van der Waals surface area contributed by atoms with Crippen LogP contribution in [0.3, 0.4) is 0 Å². The second-order valence-corrected chi connectivity index (χ2v) is 15.2. The van der Waals surface area contributed by atoms with Crippen molar-refractivity contribution in [3.8, 4) is 0 Å². The summed E-state index contributed by atoms with van der Waals surface area (Å²) < 4.78 is 43.1. The number of carbonyl (C=O) groups excluding carboxylic acids is 1. The Hall–Kier alpha value is -3.89. The summed E-state index contributed by atoms with van der Waals surface area (Å²) in [5.41, 5.74) is 4.61. The first-order valence-electron chi connectivity index (χ1n) is 22.2. The third-order valence-electron chi connectivity index (χ3n) is 9.49. The lowest BCUT2D eigenvalue weighted by molar-refractivity contribution is -0.108. The van der Waals surface area contributed by atoms with Crippen LogP contribution >= 0.6 is 0 Å². The van der Waals surface area contributed by atoms with Crippen LogP contribution in [-0.4, -0.2) is 120 Å². The molecule has 64 heavy (non-hydrogen) atoms. The fourth-order valence-corrected chi connectivity index (χ4v) is 5.87. The molecule has 0 aliphatic rings. The summed E-state index contributed by atoms with van der Waals surface area (Å²) in [4.78, 5) is 10.2. The van der Waals surface area contributed by atoms with Gasteiger partial charge in [0.25, 0.3) is 0 Å². The summed E-state index contributed by atoms with van der Waals surface area (Å²) in [6, 6.07) is 40.1. The quantitative estimate of drug-likeness (QED) is 0.0434. The van der Waals surface area contributed by atoms with Gasteiger partial charge in [0.2, 0.25) is 0 Å². The van der Waals surface area contributed by atoms with Gasteiger partial charge in [-0.2, -0.15) is 0 Å². The van der Waals surface area contributed by atoms with Crippen molar-refractivity contribution in [3.63, 3.8) is 0 Å². The van der Waals surface area contributed by atoms with Gasteiger partial charge < -0.3 is 58.0 Å². The van der Waals surface area contributed by atoms with Crippen molar-refractivity contribution in [2.24, 2.45) is 0 Å². The van der Waals surface area contributed by atoms with E-state index in [-0.39, 0.29) is 43.2 Å². The number of aliphatic hydroxyl groups is 3. The molecule has 0 saturated heterocycles. The normalized spacial score (nSPS) is 13.6. The van der Waals surface area contributed by atoms with Crippen LogP contribution in [0.5, 0.6) is 0 Å². The van der Waals surface area contributed by atoms with Crippen molar-refractivity contribution >= 4 is 6.29 Å². The molecule has 6 atom stereocenters. The fraction of sp³-hybridized carbons (Fsp3) is 0.519. The monoisotopic (exact) mass is 895 g/mol. The van der Waals surface area contributed by atoms with Crippen molar-refractivity contribution in [3.05, 3.63) is 144 Å². The lowest BCUT2D eigenvalue weighted by atomic mass is 10.2. The summed E-state index contributed by atoms with van der Waals surface area (Å²) in [5, 5.41) is 27.2. The highest BCUT2D eigenvalue weighted by molar-refractivity contribution is 5.49. The minimum atomic E-state index is -0.356. The van der Waals surface area contributed by atoms with Crippen LogP contribution in [-0.2, 0) is 69.1 Å². The van der Waals surface area contributed by atoms with E-state index in [2.05, 4.69) is 0 Å². The average Bonchev–Trinajstić information content (AvgIpc) is 3.32. The molecule has 0 fully saturated rings. The van der Waals surface area contributed by atoms with Gasteiger partial charge in [-0.1, -0.05) is 121 Å². The first-order chi connectivity index (χ1) is 31.2. The molecule has 0 heterocycles. The second kappa shape index (κ2) is 40.6. The van der Waals surface area contributed by atoms with E-state index in [9.17, 15) is 15.0 Å². The predicted molar refractivity (Wildman–Crippen MR) is 252 cm³/mol. The molecule has 4 aromatic carbocycles. The minimum absolute atomic E-state index is 0.00825. The van der Waals surface area contributed by atoms with Crippen molar-refractivity contribution in [2.75, 3.05) is 61.5 Å². The number of aldehydes is 1. The maximum absolute atomic E-state index is 10.2. The highest BCUT2D eigenvalue weighted by Gasteiger charge is 2.12. The molecule has 0 radical (unpaired) electrons. The van der Waals surface area contributed by atoms with Gasteiger partial charge >= 0.3 is 0 Å². The van der Waals surface area contributed by atoms with Gasteiger partial charge in [0.05, 0.1) is 89.5 Å². The van der Waals surface area contributed by atoms with E-state index in [0.717, 1.165) is 42.2 Å². The lowest BCUT2D eigenvalue weighted by Gasteiger charge is -2.16. The number of ether oxygens (including phenoxy) is 8. The van der Waals surface area contributed by atoms with Crippen LogP contribution in [0.25, 0.3) is 0 Å². The standard InChI is InChI=1S/3C13H20O3.C13H18O3/c2*1-11(14)8-13(15-2)10-16-9-12-6-4-3-5-7-12;2*1-15-13(8-5-9-14)11-16-10-12-6-3-2-4-7-12/h2*3-7,11,13-14H,8-10H2,1-2H3;2-4,6-7,13-14H,5,8-11H2,1H3;2-4,6-7,9,13H,5,8,10-11H2,1H3/t2*11?,13-;2*13-/m0000/s1. The van der Waals surface area contributed by atoms with E-state index in [4.69, 9.17) is 43.0 Å². The van der Waals surface area contributed by atoms with Crippen LogP contribution in [0.15, 0.2) is 121 Å². The third kappa shape index (κ3) is 32.7. The van der Waals surface area contributed by atoms with Crippen LogP contribution < -0.4 is 0 Å². The van der Waals surface area contributed by atoms with Gasteiger partial charge in [-0.15, -0.1) is 0 Å². The Labute approximate surface area is 383 Å². The van der Waals surface area contributed by atoms with Crippen LogP contribution in [0.4, 0.5) is 0 Å². The Bertz CT molecular complexity index is 1510. The van der Waals surface area contributed by atoms with Gasteiger partial charge in [0.1, 0.15) is 6.29 Å². The van der Waals surface area contributed by atoms with Gasteiger partial charge in [0, 0.05) is 54.3 Å². The minimum Gasteiger partial charge on any atom is -0.396 e. The molecule has 0 bridgehead atoms. The highest BCUT2D eigenvalue weighted by atomic mass is 16.5. The molecule has 0 aromatic heterocycles. The van der Waals surface area contributed by atoms with Gasteiger partial charge in [-0.3, -0.25) is 0 Å². The zero-order chi connectivity index (χ0) is 46.9. The number of hydrogen-bond acceptors (Lipinski definition) is 12. The molecule has 358 valence electrons. The smallest absolute Gasteiger partial charge is 0.120 e. The maximum atomic E-state index is 10.2. The highest BCUT2D eigenvalue weighted by Crippen LogP contribution is 2.09. The molecule has 0 spiro atoms. The van der Waals surface area contributed by atoms with Crippen LogP contribution in [0, 0.1) is 0 Å². The largest absolute Gasteiger partial charge is 0.396 e. The maximum Gasteiger partial charge on any atom is 0.120 e. The van der Waals surface area contributed by atoms with Crippen LogP contribution in [0.1, 0.15) is 74.6 Å². The predicted octanol–water partition coefficient (Wildman–Crippen LogP) is 8.17. The van der Waals surface area contributed by atoms with Crippen molar-refractivity contribution < 1.29 is 58.0 Å². The average molecular weight is 895 g/mol. The van der Waals surface area contributed by atoms with Gasteiger partial charge in [0.15, 0.2) is 0 Å². The zero-order valence-corrected chi connectivity index (χ0v) is 39.2. The molecular weight excluding hydrogens is 817 g/mol. The SMILES string of the molecule is CO[C@@H](CCC=O)COCc1ccccc1.CO[C@@H](CCCO)COCc1ccccc1.CO[C@H](COCc1ccccc1)CC(C)O.CO[C@H](COCc1ccccc1)CC(C)O.